The zero-order chi connectivity index (χ0) is 9.42. The number of rotatable bonds is 4. The Morgan fingerprint density at radius 3 is 2.31 bits per heavy atom. The topological polar surface area (TPSA) is 12.0 Å². The summed E-state index contributed by atoms with van der Waals surface area (Å²) in [5, 5.41) is 3.52. The van der Waals surface area contributed by atoms with Crippen LogP contribution in [0.1, 0.15) is 39.5 Å². The Labute approximate surface area is 82.3 Å². The Kier molecular flexibility index (Phi) is 2.64. The van der Waals surface area contributed by atoms with Crippen molar-refractivity contribution < 1.29 is 0 Å². The lowest BCUT2D eigenvalue weighted by Gasteiger charge is -2.20. The monoisotopic (exact) mass is 181 g/mol. The normalized spacial score (nSPS) is 39.2. The van der Waals surface area contributed by atoms with E-state index in [1.807, 2.05) is 0 Å². The van der Waals surface area contributed by atoms with Gasteiger partial charge in [0, 0.05) is 6.04 Å². The van der Waals surface area contributed by atoms with Crippen molar-refractivity contribution in [2.24, 2.45) is 23.7 Å². The van der Waals surface area contributed by atoms with Crippen LogP contribution in [-0.2, 0) is 0 Å². The number of fused-ring (bicyclic) bond motifs is 1. The first kappa shape index (κ1) is 9.51. The van der Waals surface area contributed by atoms with Gasteiger partial charge in [-0.1, -0.05) is 20.3 Å². The van der Waals surface area contributed by atoms with E-state index >= 15 is 0 Å². The highest BCUT2D eigenvalue weighted by molar-refractivity contribution is 5.05. The summed E-state index contributed by atoms with van der Waals surface area (Å²) < 4.78 is 0. The summed E-state index contributed by atoms with van der Waals surface area (Å²) in [4.78, 5) is 0. The Balaban J connectivity index is 1.85. The predicted octanol–water partition coefficient (Wildman–Crippen LogP) is 2.67. The van der Waals surface area contributed by atoms with Crippen LogP contribution in [0.4, 0.5) is 0 Å². The molecule has 2 aliphatic carbocycles. The standard InChI is InChI=1S/C12H23N/c1-8(2)7-11(13-3)12-9-5-4-6-10(9)12/h8-13H,4-7H2,1-3H3. The lowest BCUT2D eigenvalue weighted by atomic mass is 9.96. The van der Waals surface area contributed by atoms with Crippen LogP contribution in [0, 0.1) is 23.7 Å². The third kappa shape index (κ3) is 1.76. The van der Waals surface area contributed by atoms with E-state index in [2.05, 4.69) is 26.2 Å². The Morgan fingerprint density at radius 2 is 1.85 bits per heavy atom. The molecule has 2 aliphatic rings. The van der Waals surface area contributed by atoms with E-state index in [-0.39, 0.29) is 0 Å². The first-order valence-electron chi connectivity index (χ1n) is 5.91. The van der Waals surface area contributed by atoms with Gasteiger partial charge in [0.2, 0.25) is 0 Å². The Morgan fingerprint density at radius 1 is 1.23 bits per heavy atom. The molecule has 3 atom stereocenters. The van der Waals surface area contributed by atoms with Crippen molar-refractivity contribution in [1.29, 1.82) is 0 Å². The summed E-state index contributed by atoms with van der Waals surface area (Å²) >= 11 is 0. The molecule has 3 unspecified atom stereocenters. The predicted molar refractivity (Wildman–Crippen MR) is 56.6 cm³/mol. The van der Waals surface area contributed by atoms with Gasteiger partial charge >= 0.3 is 0 Å². The average molecular weight is 181 g/mol. The van der Waals surface area contributed by atoms with Gasteiger partial charge in [-0.15, -0.1) is 0 Å². The van der Waals surface area contributed by atoms with E-state index in [1.165, 1.54) is 25.7 Å². The van der Waals surface area contributed by atoms with E-state index in [9.17, 15) is 0 Å². The van der Waals surface area contributed by atoms with Crippen molar-refractivity contribution in [2.45, 2.75) is 45.6 Å². The van der Waals surface area contributed by atoms with Crippen LogP contribution in [0.15, 0.2) is 0 Å². The quantitative estimate of drug-likeness (QED) is 0.703. The lowest BCUT2D eigenvalue weighted by Crippen LogP contribution is -2.30. The van der Waals surface area contributed by atoms with Crippen LogP contribution in [0.5, 0.6) is 0 Å². The van der Waals surface area contributed by atoms with Gasteiger partial charge in [0.05, 0.1) is 0 Å². The highest BCUT2D eigenvalue weighted by Gasteiger charge is 2.55. The summed E-state index contributed by atoms with van der Waals surface area (Å²) in [5.41, 5.74) is 0. The van der Waals surface area contributed by atoms with Gasteiger partial charge < -0.3 is 5.32 Å². The molecule has 1 heteroatoms. The van der Waals surface area contributed by atoms with Crippen molar-refractivity contribution in [1.82, 2.24) is 5.32 Å². The summed E-state index contributed by atoms with van der Waals surface area (Å²) in [7, 11) is 2.14. The summed E-state index contributed by atoms with van der Waals surface area (Å²) in [6, 6.07) is 0.815. The molecule has 0 spiro atoms. The van der Waals surface area contributed by atoms with Crippen LogP contribution in [0.25, 0.3) is 0 Å². The molecule has 2 rings (SSSR count). The second-order valence-corrected chi connectivity index (χ2v) is 5.36. The molecule has 0 aromatic heterocycles. The van der Waals surface area contributed by atoms with Gasteiger partial charge in [-0.2, -0.15) is 0 Å². The third-order valence-corrected chi connectivity index (χ3v) is 4.03. The van der Waals surface area contributed by atoms with E-state index in [0.717, 1.165) is 29.7 Å². The summed E-state index contributed by atoms with van der Waals surface area (Å²) in [6.45, 7) is 4.67. The minimum absolute atomic E-state index is 0.815. The molecule has 2 fully saturated rings. The SMILES string of the molecule is CNC(CC(C)C)C1C2CCCC21. The van der Waals surface area contributed by atoms with E-state index in [4.69, 9.17) is 0 Å². The highest BCUT2D eigenvalue weighted by atomic mass is 14.9. The van der Waals surface area contributed by atoms with Gasteiger partial charge in [-0.25, -0.2) is 0 Å². The molecular weight excluding hydrogens is 158 g/mol. The zero-order valence-electron chi connectivity index (χ0n) is 9.22. The van der Waals surface area contributed by atoms with Crippen molar-refractivity contribution in [2.75, 3.05) is 7.05 Å². The Hall–Kier alpha value is -0.0400. The molecule has 0 aromatic carbocycles. The number of nitrogens with one attached hydrogen (secondary N) is 1. The van der Waals surface area contributed by atoms with Gasteiger partial charge in [0.25, 0.3) is 0 Å². The summed E-state index contributed by atoms with van der Waals surface area (Å²) in [5.74, 6) is 4.10. The smallest absolute Gasteiger partial charge is 0.0100 e. The molecule has 76 valence electrons. The van der Waals surface area contributed by atoms with E-state index in [0.29, 0.717) is 0 Å². The number of hydrogen-bond acceptors (Lipinski definition) is 1. The fourth-order valence-corrected chi connectivity index (χ4v) is 3.45. The largest absolute Gasteiger partial charge is 0.317 e. The maximum absolute atomic E-state index is 3.52. The van der Waals surface area contributed by atoms with Crippen LogP contribution >= 0.6 is 0 Å². The van der Waals surface area contributed by atoms with Crippen LogP contribution in [0.3, 0.4) is 0 Å². The molecule has 1 nitrogen and oxygen atoms in total. The minimum atomic E-state index is 0.815. The molecule has 0 heterocycles. The van der Waals surface area contributed by atoms with Crippen LogP contribution in [0.2, 0.25) is 0 Å². The zero-order valence-corrected chi connectivity index (χ0v) is 9.22. The molecule has 0 saturated heterocycles. The van der Waals surface area contributed by atoms with Crippen molar-refractivity contribution in [3.05, 3.63) is 0 Å². The molecule has 0 radical (unpaired) electrons. The highest BCUT2D eigenvalue weighted by Crippen LogP contribution is 2.59. The van der Waals surface area contributed by atoms with Gasteiger partial charge in [-0.3, -0.25) is 0 Å². The van der Waals surface area contributed by atoms with Crippen molar-refractivity contribution in [3.8, 4) is 0 Å². The van der Waals surface area contributed by atoms with Crippen molar-refractivity contribution >= 4 is 0 Å². The van der Waals surface area contributed by atoms with E-state index in [1.54, 1.807) is 0 Å². The molecule has 0 bridgehead atoms. The average Bonchev–Trinajstić information content (AvgIpc) is 2.58. The maximum Gasteiger partial charge on any atom is 0.0100 e. The first-order chi connectivity index (χ1) is 6.24. The first-order valence-corrected chi connectivity index (χ1v) is 5.91. The Bertz CT molecular complexity index is 166. The molecule has 0 amide bonds. The van der Waals surface area contributed by atoms with Crippen molar-refractivity contribution in [3.63, 3.8) is 0 Å². The fraction of sp³-hybridized carbons (Fsp3) is 1.00. The molecule has 1 N–H and O–H groups in total. The second kappa shape index (κ2) is 3.61. The molecule has 0 aromatic rings. The van der Waals surface area contributed by atoms with Gasteiger partial charge in [-0.05, 0) is 50.0 Å². The molecule has 2 saturated carbocycles. The maximum atomic E-state index is 3.52. The van der Waals surface area contributed by atoms with Gasteiger partial charge in [0.1, 0.15) is 0 Å². The molecular formula is C12H23N. The van der Waals surface area contributed by atoms with Crippen LogP contribution < -0.4 is 5.32 Å². The second-order valence-electron chi connectivity index (χ2n) is 5.36. The minimum Gasteiger partial charge on any atom is -0.317 e. The molecule has 13 heavy (non-hydrogen) atoms. The number of hydrogen-bond donors (Lipinski definition) is 1. The lowest BCUT2D eigenvalue weighted by molar-refractivity contribution is 0.366. The van der Waals surface area contributed by atoms with Gasteiger partial charge in [0.15, 0.2) is 0 Å². The molecule has 0 aliphatic heterocycles. The fourth-order valence-electron chi connectivity index (χ4n) is 3.45. The van der Waals surface area contributed by atoms with E-state index < -0.39 is 0 Å². The van der Waals surface area contributed by atoms with Crippen LogP contribution in [-0.4, -0.2) is 13.1 Å². The summed E-state index contributed by atoms with van der Waals surface area (Å²) in [6.07, 6.45) is 5.91. The third-order valence-electron chi connectivity index (χ3n) is 4.03.